The van der Waals surface area contributed by atoms with Gasteiger partial charge in [-0.05, 0) is 23.8 Å². The second-order valence-corrected chi connectivity index (χ2v) is 5.74. The maximum atomic E-state index is 12.0. The van der Waals surface area contributed by atoms with Gasteiger partial charge < -0.3 is 4.18 Å². The van der Waals surface area contributed by atoms with Crippen LogP contribution in [-0.4, -0.2) is 13.9 Å². The highest BCUT2D eigenvalue weighted by molar-refractivity contribution is 7.87. The van der Waals surface area contributed by atoms with Crippen LogP contribution in [0.2, 0.25) is 0 Å². The van der Waals surface area contributed by atoms with Crippen LogP contribution in [0.25, 0.3) is 0 Å². The molecule has 0 aromatic carbocycles. The van der Waals surface area contributed by atoms with Gasteiger partial charge in [0.05, 0.1) is 0 Å². The molecule has 2 rings (SSSR count). The van der Waals surface area contributed by atoms with Gasteiger partial charge in [-0.2, -0.15) is 21.6 Å². The van der Waals surface area contributed by atoms with Crippen LogP contribution >= 0.6 is 0 Å². The van der Waals surface area contributed by atoms with Gasteiger partial charge in [-0.1, -0.05) is 6.92 Å². The Balaban J connectivity index is 2.12. The second kappa shape index (κ2) is 2.69. The Kier molecular flexibility index (Phi) is 1.94. The molecule has 7 heteroatoms. The summed E-state index contributed by atoms with van der Waals surface area (Å²) in [7, 11) is -5.48. The molecule has 2 atom stereocenters. The fraction of sp³-hybridized carbons (Fsp3) is 0.750. The lowest BCUT2D eigenvalue weighted by atomic mass is 10.1. The molecule has 2 aliphatic rings. The van der Waals surface area contributed by atoms with Crippen molar-refractivity contribution < 1.29 is 25.8 Å². The van der Waals surface area contributed by atoms with E-state index in [1.54, 1.807) is 0 Å². The van der Waals surface area contributed by atoms with Gasteiger partial charge in [0.1, 0.15) is 5.76 Å². The summed E-state index contributed by atoms with van der Waals surface area (Å²) >= 11 is 0. The highest BCUT2D eigenvalue weighted by Crippen LogP contribution is 2.61. The van der Waals surface area contributed by atoms with Crippen molar-refractivity contribution in [2.45, 2.75) is 25.3 Å². The number of hydrogen-bond acceptors (Lipinski definition) is 3. The molecule has 0 spiro atoms. The van der Waals surface area contributed by atoms with Crippen molar-refractivity contribution in [1.29, 1.82) is 0 Å². The van der Waals surface area contributed by atoms with E-state index in [1.165, 1.54) is 6.08 Å². The molecule has 0 aromatic rings. The maximum absolute atomic E-state index is 12.0. The minimum atomic E-state index is -5.48. The van der Waals surface area contributed by atoms with E-state index in [0.717, 1.165) is 6.42 Å². The summed E-state index contributed by atoms with van der Waals surface area (Å²) in [5.74, 6) is 0.169. The van der Waals surface area contributed by atoms with Gasteiger partial charge in [0, 0.05) is 6.42 Å². The van der Waals surface area contributed by atoms with Crippen LogP contribution in [0, 0.1) is 11.3 Å². The molecule has 1 saturated carbocycles. The van der Waals surface area contributed by atoms with Gasteiger partial charge in [-0.25, -0.2) is 0 Å². The van der Waals surface area contributed by atoms with E-state index in [0.29, 0.717) is 0 Å². The molecule has 0 N–H and O–H groups in total. The van der Waals surface area contributed by atoms with Crippen molar-refractivity contribution in [3.8, 4) is 0 Å². The van der Waals surface area contributed by atoms with Crippen molar-refractivity contribution in [1.82, 2.24) is 0 Å². The molecule has 1 fully saturated rings. The van der Waals surface area contributed by atoms with Gasteiger partial charge in [0.25, 0.3) is 0 Å². The largest absolute Gasteiger partial charge is 0.534 e. The lowest BCUT2D eigenvalue weighted by Gasteiger charge is -2.10. The van der Waals surface area contributed by atoms with E-state index in [-0.39, 0.29) is 23.5 Å². The molecule has 86 valence electrons. The summed E-state index contributed by atoms with van der Waals surface area (Å²) in [6.45, 7) is 1.87. The third-order valence-corrected chi connectivity index (χ3v) is 3.90. The molecule has 0 heterocycles. The molecule has 0 radical (unpaired) electrons. The van der Waals surface area contributed by atoms with E-state index in [9.17, 15) is 21.6 Å². The quantitative estimate of drug-likeness (QED) is 0.550. The Bertz CT molecular complexity index is 423. The average Bonchev–Trinajstić information content (AvgIpc) is 2.47. The number of halogens is 3. The predicted octanol–water partition coefficient (Wildman–Crippen LogP) is 2.17. The standard InChI is InChI=1S/C8H9F3O3S/c1-7-3-5(7)2-6(4-7)14-15(12,13)8(9,10)11/h4-5H,2-3H2,1H3. The minimum absolute atomic E-state index is 0.0777. The number of fused-ring (bicyclic) bond motifs is 1. The van der Waals surface area contributed by atoms with E-state index in [2.05, 4.69) is 4.18 Å². The Morgan fingerprint density at radius 1 is 1.53 bits per heavy atom. The smallest absolute Gasteiger partial charge is 0.381 e. The topological polar surface area (TPSA) is 43.4 Å². The zero-order chi connectivity index (χ0) is 11.5. The van der Waals surface area contributed by atoms with Crippen molar-refractivity contribution >= 4 is 10.1 Å². The molecule has 0 amide bonds. The summed E-state index contributed by atoms with van der Waals surface area (Å²) < 4.78 is 61.2. The Hall–Kier alpha value is -0.720. The average molecular weight is 242 g/mol. The highest BCUT2D eigenvalue weighted by atomic mass is 32.2. The van der Waals surface area contributed by atoms with Gasteiger partial charge in [0.15, 0.2) is 0 Å². The molecule has 3 nitrogen and oxygen atoms in total. The molecular weight excluding hydrogens is 233 g/mol. The van der Waals surface area contributed by atoms with Crippen molar-refractivity contribution in [2.24, 2.45) is 11.3 Å². The van der Waals surface area contributed by atoms with E-state index < -0.39 is 15.6 Å². The molecule has 0 bridgehead atoms. The van der Waals surface area contributed by atoms with E-state index in [4.69, 9.17) is 0 Å². The number of hydrogen-bond donors (Lipinski definition) is 0. The number of allylic oxidation sites excluding steroid dienone is 2. The maximum Gasteiger partial charge on any atom is 0.534 e. The van der Waals surface area contributed by atoms with Crippen molar-refractivity contribution in [2.75, 3.05) is 0 Å². The molecule has 0 saturated heterocycles. The normalized spacial score (nSPS) is 34.7. The number of alkyl halides is 3. The van der Waals surface area contributed by atoms with Crippen LogP contribution in [0.1, 0.15) is 19.8 Å². The summed E-state index contributed by atoms with van der Waals surface area (Å²) in [5.41, 5.74) is -5.49. The first-order valence-corrected chi connectivity index (χ1v) is 5.77. The first-order chi connectivity index (χ1) is 6.64. The minimum Gasteiger partial charge on any atom is -0.381 e. The summed E-state index contributed by atoms with van der Waals surface area (Å²) in [6.07, 6.45) is 2.67. The van der Waals surface area contributed by atoms with Crippen LogP contribution in [0.5, 0.6) is 0 Å². The third kappa shape index (κ3) is 1.73. The lowest BCUT2D eigenvalue weighted by molar-refractivity contribution is -0.0523. The summed E-state index contributed by atoms with van der Waals surface area (Å²) in [4.78, 5) is 0. The first kappa shape index (κ1) is 10.8. The summed E-state index contributed by atoms with van der Waals surface area (Å²) in [6, 6.07) is 0. The van der Waals surface area contributed by atoms with Gasteiger partial charge >= 0.3 is 15.6 Å². The Morgan fingerprint density at radius 2 is 2.13 bits per heavy atom. The SMILES string of the molecule is CC12C=C(OS(=O)(=O)C(F)(F)F)CC1C2. The molecule has 2 unspecified atom stereocenters. The fourth-order valence-corrected chi connectivity index (χ4v) is 2.36. The van der Waals surface area contributed by atoms with Crippen LogP contribution in [-0.2, 0) is 14.3 Å². The van der Waals surface area contributed by atoms with Crippen LogP contribution in [0.15, 0.2) is 11.8 Å². The van der Waals surface area contributed by atoms with Gasteiger partial charge in [-0.15, -0.1) is 0 Å². The third-order valence-electron chi connectivity index (χ3n) is 2.90. The monoisotopic (exact) mass is 242 g/mol. The molecule has 0 aliphatic heterocycles. The van der Waals surface area contributed by atoms with E-state index in [1.807, 2.05) is 6.92 Å². The highest BCUT2D eigenvalue weighted by Gasteiger charge is 2.55. The van der Waals surface area contributed by atoms with Crippen LogP contribution in [0.3, 0.4) is 0 Å². The lowest BCUT2D eigenvalue weighted by Crippen LogP contribution is -2.25. The zero-order valence-corrected chi connectivity index (χ0v) is 8.65. The van der Waals surface area contributed by atoms with Crippen LogP contribution in [0.4, 0.5) is 13.2 Å². The van der Waals surface area contributed by atoms with Crippen molar-refractivity contribution in [3.63, 3.8) is 0 Å². The second-order valence-electron chi connectivity index (χ2n) is 4.20. The van der Waals surface area contributed by atoms with Crippen molar-refractivity contribution in [3.05, 3.63) is 11.8 Å². The number of rotatable bonds is 2. The molecule has 15 heavy (non-hydrogen) atoms. The Morgan fingerprint density at radius 3 is 2.53 bits per heavy atom. The molecule has 0 aromatic heterocycles. The van der Waals surface area contributed by atoms with E-state index >= 15 is 0 Å². The predicted molar refractivity (Wildman–Crippen MR) is 45.0 cm³/mol. The summed E-state index contributed by atoms with van der Waals surface area (Å²) in [5, 5.41) is 0. The zero-order valence-electron chi connectivity index (χ0n) is 7.84. The van der Waals surface area contributed by atoms with Crippen LogP contribution < -0.4 is 0 Å². The van der Waals surface area contributed by atoms with Gasteiger partial charge in [-0.3, -0.25) is 0 Å². The molecular formula is C8H9F3O3S. The fourth-order valence-electron chi connectivity index (χ4n) is 1.87. The Labute approximate surface area is 85.0 Å². The molecule has 2 aliphatic carbocycles. The first-order valence-electron chi connectivity index (χ1n) is 4.36. The van der Waals surface area contributed by atoms with Gasteiger partial charge in [0.2, 0.25) is 0 Å².